The zero-order valence-corrected chi connectivity index (χ0v) is 17.7. The van der Waals surface area contributed by atoms with Crippen molar-refractivity contribution in [3.63, 3.8) is 0 Å². The van der Waals surface area contributed by atoms with E-state index in [2.05, 4.69) is 35.4 Å². The van der Waals surface area contributed by atoms with Crippen LogP contribution in [0.1, 0.15) is 27.2 Å². The highest BCUT2D eigenvalue weighted by Gasteiger charge is 2.13. The van der Waals surface area contributed by atoms with E-state index in [4.69, 9.17) is 4.74 Å². The van der Waals surface area contributed by atoms with Gasteiger partial charge in [0.05, 0.1) is 0 Å². The van der Waals surface area contributed by atoms with Crippen molar-refractivity contribution in [1.82, 2.24) is 4.98 Å². The van der Waals surface area contributed by atoms with E-state index >= 15 is 0 Å². The first-order chi connectivity index (χ1) is 14.6. The van der Waals surface area contributed by atoms with Gasteiger partial charge in [0.2, 0.25) is 0 Å². The zero-order valence-electron chi connectivity index (χ0n) is 16.9. The summed E-state index contributed by atoms with van der Waals surface area (Å²) in [6.45, 7) is 4.59. The topological polar surface area (TPSA) is 51.2 Å². The summed E-state index contributed by atoms with van der Waals surface area (Å²) in [5.74, 6) is 0.558. The molecule has 1 amide bonds. The summed E-state index contributed by atoms with van der Waals surface area (Å²) in [5.41, 5.74) is 5.58. The Morgan fingerprint density at radius 2 is 1.77 bits per heavy atom. The van der Waals surface area contributed by atoms with E-state index in [1.165, 1.54) is 16.9 Å². The van der Waals surface area contributed by atoms with E-state index in [1.807, 2.05) is 61.5 Å². The Morgan fingerprint density at radius 3 is 2.57 bits per heavy atom. The van der Waals surface area contributed by atoms with Crippen molar-refractivity contribution in [2.75, 3.05) is 5.32 Å². The fraction of sp³-hybridized carbons (Fsp3) is 0.120. The predicted octanol–water partition coefficient (Wildman–Crippen LogP) is 6.26. The summed E-state index contributed by atoms with van der Waals surface area (Å²) >= 11 is 1.44. The number of rotatable bonds is 6. The number of nitrogens with one attached hydrogen (secondary N) is 1. The largest absolute Gasteiger partial charge is 0.489 e. The van der Waals surface area contributed by atoms with Gasteiger partial charge in [-0.1, -0.05) is 59.7 Å². The number of nitrogens with zero attached hydrogens (tertiary/aromatic N) is 1. The van der Waals surface area contributed by atoms with Gasteiger partial charge >= 0.3 is 0 Å². The van der Waals surface area contributed by atoms with Crippen molar-refractivity contribution in [2.45, 2.75) is 20.5 Å². The number of hydrogen-bond acceptors (Lipinski definition) is 4. The second kappa shape index (κ2) is 8.93. The molecule has 4 aromatic rings. The lowest BCUT2D eigenvalue weighted by Gasteiger charge is -2.08. The maximum absolute atomic E-state index is 12.5. The molecular formula is C25H22N2O2S. The van der Waals surface area contributed by atoms with Gasteiger partial charge in [0, 0.05) is 16.6 Å². The minimum atomic E-state index is -0.215. The molecule has 0 aliphatic rings. The Bertz CT molecular complexity index is 1170. The van der Waals surface area contributed by atoms with Gasteiger partial charge in [-0.3, -0.25) is 4.79 Å². The monoisotopic (exact) mass is 414 g/mol. The Balaban J connectivity index is 1.44. The normalized spacial score (nSPS) is 10.6. The van der Waals surface area contributed by atoms with Gasteiger partial charge in [-0.05, 0) is 43.7 Å². The molecular weight excluding hydrogens is 392 g/mol. The summed E-state index contributed by atoms with van der Waals surface area (Å²) in [6, 6.07) is 23.8. The molecule has 150 valence electrons. The molecule has 4 nitrogen and oxygen atoms in total. The van der Waals surface area contributed by atoms with Gasteiger partial charge in [0.1, 0.15) is 23.1 Å². The van der Waals surface area contributed by atoms with Crippen molar-refractivity contribution in [3.05, 3.63) is 101 Å². The Hall–Kier alpha value is -3.44. The molecule has 0 unspecified atom stereocenters. The van der Waals surface area contributed by atoms with Crippen LogP contribution in [0.15, 0.2) is 78.2 Å². The molecule has 4 rings (SSSR count). The third-order valence-electron chi connectivity index (χ3n) is 4.62. The number of carbonyl (C=O) groups excluding carboxylic acids is 1. The third kappa shape index (κ3) is 4.93. The molecule has 0 bridgehead atoms. The Morgan fingerprint density at radius 1 is 0.967 bits per heavy atom. The van der Waals surface area contributed by atoms with E-state index in [0.29, 0.717) is 12.3 Å². The second-order valence-corrected chi connectivity index (χ2v) is 8.02. The third-order valence-corrected chi connectivity index (χ3v) is 5.51. The maximum Gasteiger partial charge on any atom is 0.275 e. The average Bonchev–Trinajstić information content (AvgIpc) is 3.25. The fourth-order valence-electron chi connectivity index (χ4n) is 3.03. The molecule has 30 heavy (non-hydrogen) atoms. The van der Waals surface area contributed by atoms with Crippen LogP contribution in [0.4, 0.5) is 5.69 Å². The molecule has 0 saturated heterocycles. The number of amides is 1. The highest BCUT2D eigenvalue weighted by Crippen LogP contribution is 2.27. The fourth-order valence-corrected chi connectivity index (χ4v) is 3.83. The number of hydrogen-bond donors (Lipinski definition) is 1. The Labute approximate surface area is 180 Å². The summed E-state index contributed by atoms with van der Waals surface area (Å²) in [4.78, 5) is 17.0. The number of benzene rings is 3. The van der Waals surface area contributed by atoms with Crippen LogP contribution < -0.4 is 10.1 Å². The van der Waals surface area contributed by atoms with E-state index in [0.717, 1.165) is 33.1 Å². The van der Waals surface area contributed by atoms with Gasteiger partial charge < -0.3 is 10.1 Å². The molecule has 5 heteroatoms. The standard InChI is InChI=1S/C25H22N2O2S/c1-17-9-11-21(12-10-17)26-24(28)23-16-30-25(27-23)20-7-4-8-22(14-20)29-15-19-6-3-5-18(2)13-19/h3-14,16H,15H2,1-2H3,(H,26,28). The molecule has 1 N–H and O–H groups in total. The SMILES string of the molecule is Cc1ccc(NC(=O)c2csc(-c3cccc(OCc4cccc(C)c4)c3)n2)cc1. The van der Waals surface area contributed by atoms with Crippen molar-refractivity contribution in [3.8, 4) is 16.3 Å². The van der Waals surface area contributed by atoms with Crippen molar-refractivity contribution < 1.29 is 9.53 Å². The van der Waals surface area contributed by atoms with Gasteiger partial charge in [0.15, 0.2) is 0 Å². The molecule has 1 aromatic heterocycles. The van der Waals surface area contributed by atoms with Crippen molar-refractivity contribution >= 4 is 22.9 Å². The number of anilines is 1. The average molecular weight is 415 g/mol. The van der Waals surface area contributed by atoms with Crippen LogP contribution in [0.3, 0.4) is 0 Å². The van der Waals surface area contributed by atoms with Crippen LogP contribution in [-0.2, 0) is 6.61 Å². The molecule has 0 fully saturated rings. The molecule has 0 saturated carbocycles. The maximum atomic E-state index is 12.5. The van der Waals surface area contributed by atoms with Gasteiger partial charge in [-0.15, -0.1) is 11.3 Å². The zero-order chi connectivity index (χ0) is 20.9. The van der Waals surface area contributed by atoms with E-state index in [9.17, 15) is 4.79 Å². The summed E-state index contributed by atoms with van der Waals surface area (Å²) in [6.07, 6.45) is 0. The number of aromatic nitrogens is 1. The van der Waals surface area contributed by atoms with E-state index in [-0.39, 0.29) is 5.91 Å². The lowest BCUT2D eigenvalue weighted by atomic mass is 10.1. The van der Waals surface area contributed by atoms with Crippen molar-refractivity contribution in [2.24, 2.45) is 0 Å². The van der Waals surface area contributed by atoms with Crippen molar-refractivity contribution in [1.29, 1.82) is 0 Å². The van der Waals surface area contributed by atoms with Crippen LogP contribution in [0, 0.1) is 13.8 Å². The molecule has 0 aliphatic heterocycles. The van der Waals surface area contributed by atoms with Crippen LogP contribution >= 0.6 is 11.3 Å². The molecule has 1 heterocycles. The molecule has 0 atom stereocenters. The Kier molecular flexibility index (Phi) is 5.91. The molecule has 0 spiro atoms. The van der Waals surface area contributed by atoms with Gasteiger partial charge in [-0.2, -0.15) is 0 Å². The highest BCUT2D eigenvalue weighted by atomic mass is 32.1. The minimum Gasteiger partial charge on any atom is -0.489 e. The minimum absolute atomic E-state index is 0.215. The lowest BCUT2D eigenvalue weighted by Crippen LogP contribution is -2.12. The van der Waals surface area contributed by atoms with Gasteiger partial charge in [0.25, 0.3) is 5.91 Å². The summed E-state index contributed by atoms with van der Waals surface area (Å²) < 4.78 is 5.95. The van der Waals surface area contributed by atoms with Crippen LogP contribution in [0.5, 0.6) is 5.75 Å². The lowest BCUT2D eigenvalue weighted by molar-refractivity contribution is 0.102. The number of ether oxygens (including phenoxy) is 1. The number of aryl methyl sites for hydroxylation is 2. The van der Waals surface area contributed by atoms with Crippen LogP contribution in [0.25, 0.3) is 10.6 Å². The van der Waals surface area contributed by atoms with E-state index < -0.39 is 0 Å². The molecule has 0 radical (unpaired) electrons. The quantitative estimate of drug-likeness (QED) is 0.405. The summed E-state index contributed by atoms with van der Waals surface area (Å²) in [5, 5.41) is 5.44. The van der Waals surface area contributed by atoms with Crippen LogP contribution in [-0.4, -0.2) is 10.9 Å². The summed E-state index contributed by atoms with van der Waals surface area (Å²) in [7, 11) is 0. The molecule has 0 aliphatic carbocycles. The van der Waals surface area contributed by atoms with E-state index in [1.54, 1.807) is 5.38 Å². The van der Waals surface area contributed by atoms with Crippen LogP contribution in [0.2, 0.25) is 0 Å². The molecule has 3 aromatic carbocycles. The first-order valence-corrected chi connectivity index (χ1v) is 10.6. The first-order valence-electron chi connectivity index (χ1n) is 9.69. The predicted molar refractivity (Wildman–Crippen MR) is 122 cm³/mol. The second-order valence-electron chi connectivity index (χ2n) is 7.16. The highest BCUT2D eigenvalue weighted by molar-refractivity contribution is 7.13. The number of carbonyl (C=O) groups is 1. The first kappa shape index (κ1) is 19.9. The number of thiazole rings is 1. The van der Waals surface area contributed by atoms with Gasteiger partial charge in [-0.25, -0.2) is 4.98 Å². The smallest absolute Gasteiger partial charge is 0.275 e.